The molecule has 1 heterocycles. The maximum atomic E-state index is 12.3. The predicted molar refractivity (Wildman–Crippen MR) is 115 cm³/mol. The zero-order valence-corrected chi connectivity index (χ0v) is 16.0. The van der Waals surface area contributed by atoms with Crippen molar-refractivity contribution in [3.05, 3.63) is 108 Å². The average molecular weight is 385 g/mol. The summed E-state index contributed by atoms with van der Waals surface area (Å²) >= 11 is 1.40. The third-order valence-electron chi connectivity index (χ3n) is 4.38. The van der Waals surface area contributed by atoms with Crippen LogP contribution in [0.4, 0.5) is 0 Å². The Hall–Kier alpha value is -3.18. The minimum absolute atomic E-state index is 0.0607. The summed E-state index contributed by atoms with van der Waals surface area (Å²) in [4.78, 5) is 12.3. The van der Waals surface area contributed by atoms with Gasteiger partial charge in [-0.05, 0) is 16.7 Å². The Morgan fingerprint density at radius 2 is 1.46 bits per heavy atom. The molecule has 1 N–H and O–H groups in total. The van der Waals surface area contributed by atoms with Crippen LogP contribution in [0.25, 0.3) is 0 Å². The summed E-state index contributed by atoms with van der Waals surface area (Å²) in [6.07, 6.45) is 0.669. The molecular formula is C23H19N3OS. The Balaban J connectivity index is 1.59. The topological polar surface area (TPSA) is 53.8 Å². The van der Waals surface area contributed by atoms with E-state index in [2.05, 4.69) is 27.7 Å². The molecule has 0 radical (unpaired) electrons. The van der Waals surface area contributed by atoms with Crippen LogP contribution in [0, 0.1) is 0 Å². The van der Waals surface area contributed by atoms with E-state index < -0.39 is 0 Å². The van der Waals surface area contributed by atoms with Gasteiger partial charge in [-0.2, -0.15) is 5.10 Å². The molecule has 0 bridgehead atoms. The van der Waals surface area contributed by atoms with E-state index in [1.54, 1.807) is 0 Å². The smallest absolute Gasteiger partial charge is 0.244 e. The minimum atomic E-state index is -0.288. The fraction of sp³-hybridized carbons (Fsp3) is 0.0870. The molecule has 4 rings (SSSR count). The third-order valence-corrected chi connectivity index (χ3v) is 5.51. The second-order valence-corrected chi connectivity index (χ2v) is 7.47. The van der Waals surface area contributed by atoms with Crippen LogP contribution in [0.1, 0.15) is 21.9 Å². The molecule has 4 nitrogen and oxygen atoms in total. The molecule has 0 aliphatic carbocycles. The second-order valence-electron chi connectivity index (χ2n) is 6.38. The number of carbonyl (C=O) groups excluding carboxylic acids is 1. The van der Waals surface area contributed by atoms with Gasteiger partial charge >= 0.3 is 0 Å². The second kappa shape index (κ2) is 8.67. The van der Waals surface area contributed by atoms with Crippen molar-refractivity contribution >= 4 is 28.5 Å². The summed E-state index contributed by atoms with van der Waals surface area (Å²) < 4.78 is 0. The van der Waals surface area contributed by atoms with Crippen LogP contribution in [-0.4, -0.2) is 16.8 Å². The van der Waals surface area contributed by atoms with Crippen molar-refractivity contribution in [2.75, 3.05) is 0 Å². The summed E-state index contributed by atoms with van der Waals surface area (Å²) in [5.41, 5.74) is 4.00. The van der Waals surface area contributed by atoms with Crippen molar-refractivity contribution in [3.63, 3.8) is 0 Å². The number of nitrogens with one attached hydrogen (secondary N) is 1. The monoisotopic (exact) mass is 385 g/mol. The van der Waals surface area contributed by atoms with Crippen molar-refractivity contribution in [1.29, 1.82) is 0 Å². The fourth-order valence-electron chi connectivity index (χ4n) is 2.98. The van der Waals surface area contributed by atoms with E-state index in [4.69, 9.17) is 0 Å². The first-order valence-electron chi connectivity index (χ1n) is 9.06. The highest BCUT2D eigenvalue weighted by molar-refractivity contribution is 8.15. The van der Waals surface area contributed by atoms with Crippen molar-refractivity contribution in [3.8, 4) is 0 Å². The van der Waals surface area contributed by atoms with Crippen LogP contribution in [0.3, 0.4) is 0 Å². The molecule has 1 atom stereocenters. The maximum Gasteiger partial charge on any atom is 0.244 e. The Kier molecular flexibility index (Phi) is 5.64. The van der Waals surface area contributed by atoms with Crippen LogP contribution in [0.2, 0.25) is 0 Å². The van der Waals surface area contributed by atoms with Gasteiger partial charge in [-0.1, -0.05) is 103 Å². The predicted octanol–water partition coefficient (Wildman–Crippen LogP) is 4.59. The van der Waals surface area contributed by atoms with Gasteiger partial charge in [0.1, 0.15) is 5.25 Å². The lowest BCUT2D eigenvalue weighted by Gasteiger charge is -2.06. The highest BCUT2D eigenvalue weighted by Crippen LogP contribution is 2.34. The summed E-state index contributed by atoms with van der Waals surface area (Å²) in [7, 11) is 0. The normalized spacial score (nSPS) is 18.3. The minimum Gasteiger partial charge on any atom is -0.302 e. The Morgan fingerprint density at radius 1 is 0.857 bits per heavy atom. The van der Waals surface area contributed by atoms with Gasteiger partial charge < -0.3 is 5.32 Å². The van der Waals surface area contributed by atoms with Gasteiger partial charge in [0.15, 0.2) is 5.17 Å². The van der Waals surface area contributed by atoms with Crippen LogP contribution in [0.5, 0.6) is 0 Å². The zero-order valence-electron chi connectivity index (χ0n) is 15.2. The number of hydrogen-bond donors (Lipinski definition) is 1. The Morgan fingerprint density at radius 3 is 2.14 bits per heavy atom. The van der Waals surface area contributed by atoms with Crippen molar-refractivity contribution in [2.24, 2.45) is 10.2 Å². The Labute approximate surface area is 168 Å². The summed E-state index contributed by atoms with van der Waals surface area (Å²) in [5.74, 6) is -0.0607. The van der Waals surface area contributed by atoms with Crippen LogP contribution in [0.15, 0.2) is 101 Å². The Bertz CT molecular complexity index is 1000. The molecule has 5 heteroatoms. The molecule has 28 heavy (non-hydrogen) atoms. The first-order chi connectivity index (χ1) is 13.8. The van der Waals surface area contributed by atoms with Crippen molar-refractivity contribution in [2.45, 2.75) is 11.7 Å². The first kappa shape index (κ1) is 18.2. The SMILES string of the molecule is O=C1N/C(=N/N=C(\Cc2ccccc2)c2ccccc2)SC1c1ccccc1. The van der Waals surface area contributed by atoms with Crippen LogP contribution in [-0.2, 0) is 11.2 Å². The van der Waals surface area contributed by atoms with E-state index in [9.17, 15) is 4.79 Å². The largest absolute Gasteiger partial charge is 0.302 e. The molecule has 1 aliphatic heterocycles. The van der Waals surface area contributed by atoms with E-state index in [0.29, 0.717) is 11.6 Å². The van der Waals surface area contributed by atoms with E-state index in [0.717, 1.165) is 22.4 Å². The number of carbonyl (C=O) groups is 1. The van der Waals surface area contributed by atoms with Gasteiger partial charge in [0.2, 0.25) is 5.91 Å². The van der Waals surface area contributed by atoms with E-state index >= 15 is 0 Å². The van der Waals surface area contributed by atoms with Gasteiger partial charge in [0, 0.05) is 6.42 Å². The third kappa shape index (κ3) is 4.38. The number of rotatable bonds is 5. The van der Waals surface area contributed by atoms with Crippen LogP contribution < -0.4 is 5.32 Å². The lowest BCUT2D eigenvalue weighted by Crippen LogP contribution is -2.21. The molecular weight excluding hydrogens is 366 g/mol. The zero-order chi connectivity index (χ0) is 19.2. The van der Waals surface area contributed by atoms with Crippen molar-refractivity contribution < 1.29 is 4.79 Å². The van der Waals surface area contributed by atoms with Crippen LogP contribution >= 0.6 is 11.8 Å². The number of amides is 1. The molecule has 1 fully saturated rings. The van der Waals surface area contributed by atoms with Gasteiger partial charge in [-0.25, -0.2) is 0 Å². The van der Waals surface area contributed by atoms with Gasteiger partial charge in [-0.15, -0.1) is 5.10 Å². The van der Waals surface area contributed by atoms with Crippen molar-refractivity contribution in [1.82, 2.24) is 5.32 Å². The lowest BCUT2D eigenvalue weighted by molar-refractivity contribution is -0.118. The maximum absolute atomic E-state index is 12.3. The molecule has 1 amide bonds. The molecule has 1 aliphatic rings. The molecule has 0 spiro atoms. The van der Waals surface area contributed by atoms with E-state index in [1.165, 1.54) is 11.8 Å². The lowest BCUT2D eigenvalue weighted by atomic mass is 10.0. The molecule has 3 aromatic rings. The number of thioether (sulfide) groups is 1. The van der Waals surface area contributed by atoms with Gasteiger partial charge in [0.05, 0.1) is 5.71 Å². The quantitative estimate of drug-likeness (QED) is 0.516. The van der Waals surface area contributed by atoms with E-state index in [-0.39, 0.29) is 11.2 Å². The number of amidine groups is 1. The highest BCUT2D eigenvalue weighted by Gasteiger charge is 2.31. The fourth-order valence-corrected chi connectivity index (χ4v) is 3.91. The average Bonchev–Trinajstić information content (AvgIpc) is 3.13. The number of benzene rings is 3. The molecule has 0 aromatic heterocycles. The van der Waals surface area contributed by atoms with Gasteiger partial charge in [-0.3, -0.25) is 4.79 Å². The molecule has 0 saturated carbocycles. The summed E-state index contributed by atoms with van der Waals surface area (Å²) in [6.45, 7) is 0. The first-order valence-corrected chi connectivity index (χ1v) is 9.94. The van der Waals surface area contributed by atoms with E-state index in [1.807, 2.05) is 78.9 Å². The molecule has 1 unspecified atom stereocenters. The highest BCUT2D eigenvalue weighted by atomic mass is 32.2. The van der Waals surface area contributed by atoms with Gasteiger partial charge in [0.25, 0.3) is 0 Å². The molecule has 1 saturated heterocycles. The summed E-state index contributed by atoms with van der Waals surface area (Å²) in [6, 6.07) is 29.9. The number of nitrogens with zero attached hydrogens (tertiary/aromatic N) is 2. The molecule has 138 valence electrons. The molecule has 3 aromatic carbocycles. The standard InChI is InChI=1S/C23H19N3OS/c27-22-21(19-14-8-3-9-15-19)28-23(24-22)26-25-20(18-12-6-2-7-13-18)16-17-10-4-1-5-11-17/h1-15,21H,16H2,(H,24,26,27)/b25-20+. The number of hydrogen-bond acceptors (Lipinski definition) is 4. The summed E-state index contributed by atoms with van der Waals surface area (Å²) in [5, 5.41) is 11.9.